The molecule has 0 unspecified atom stereocenters. The summed E-state index contributed by atoms with van der Waals surface area (Å²) in [6, 6.07) is 5.32. The average molecular weight is 552 g/mol. The number of anilines is 1. The molecule has 39 heavy (non-hydrogen) atoms. The largest absolute Gasteiger partial charge is 0.469 e. The minimum Gasteiger partial charge on any atom is -0.469 e. The molecule has 1 aliphatic rings. The van der Waals surface area contributed by atoms with Crippen LogP contribution in [0.5, 0.6) is 0 Å². The number of alkyl carbamates (subject to hydrolysis) is 1. The number of amides is 2. The number of rotatable bonds is 16. The van der Waals surface area contributed by atoms with Gasteiger partial charge >= 0.3 is 12.1 Å². The quantitative estimate of drug-likeness (QED) is 0.236. The second-order valence-corrected chi connectivity index (χ2v) is 10.4. The van der Waals surface area contributed by atoms with Gasteiger partial charge in [-0.3, -0.25) is 9.59 Å². The fourth-order valence-corrected chi connectivity index (χ4v) is 3.90. The molecule has 11 heteroatoms. The summed E-state index contributed by atoms with van der Waals surface area (Å²) in [5, 5.41) is 5.91. The summed E-state index contributed by atoms with van der Waals surface area (Å²) in [6.07, 6.45) is 0.897. The molecular weight excluding hydrogens is 506 g/mol. The van der Waals surface area contributed by atoms with Crippen molar-refractivity contribution < 1.29 is 38.1 Å². The van der Waals surface area contributed by atoms with Gasteiger partial charge in [0.2, 0.25) is 5.91 Å². The van der Waals surface area contributed by atoms with E-state index < -0.39 is 23.7 Å². The van der Waals surface area contributed by atoms with Crippen LogP contribution >= 0.6 is 0 Å². The monoisotopic (exact) mass is 551 g/mol. The predicted octanol–water partition coefficient (Wildman–Crippen LogP) is 3.04. The predicted molar refractivity (Wildman–Crippen MR) is 147 cm³/mol. The molecule has 2 rings (SSSR count). The van der Waals surface area contributed by atoms with Crippen molar-refractivity contribution in [2.24, 2.45) is 0 Å². The number of carbonyl (C=O) groups is 3. The van der Waals surface area contributed by atoms with E-state index in [4.69, 9.17) is 23.7 Å². The first kappa shape index (κ1) is 32.3. The van der Waals surface area contributed by atoms with Crippen LogP contribution in [-0.4, -0.2) is 94.4 Å². The van der Waals surface area contributed by atoms with Gasteiger partial charge in [0, 0.05) is 38.5 Å². The maximum atomic E-state index is 13.1. The third-order valence-corrected chi connectivity index (χ3v) is 5.75. The van der Waals surface area contributed by atoms with Gasteiger partial charge in [-0.1, -0.05) is 17.7 Å². The molecule has 220 valence electrons. The van der Waals surface area contributed by atoms with Crippen LogP contribution in [0.1, 0.15) is 51.2 Å². The van der Waals surface area contributed by atoms with Crippen LogP contribution in [0.25, 0.3) is 0 Å². The first-order chi connectivity index (χ1) is 18.6. The molecule has 11 nitrogen and oxygen atoms in total. The van der Waals surface area contributed by atoms with Crippen molar-refractivity contribution in [3.63, 3.8) is 0 Å². The highest BCUT2D eigenvalue weighted by atomic mass is 16.6. The third-order valence-electron chi connectivity index (χ3n) is 5.75. The molecular formula is C28H45N3O8. The van der Waals surface area contributed by atoms with Gasteiger partial charge < -0.3 is 39.2 Å². The van der Waals surface area contributed by atoms with Crippen LogP contribution < -0.4 is 10.6 Å². The van der Waals surface area contributed by atoms with Crippen molar-refractivity contribution >= 4 is 23.7 Å². The van der Waals surface area contributed by atoms with Crippen molar-refractivity contribution in [2.45, 2.75) is 65.1 Å². The van der Waals surface area contributed by atoms with Crippen LogP contribution in [0.2, 0.25) is 0 Å². The van der Waals surface area contributed by atoms with Crippen molar-refractivity contribution in [1.29, 1.82) is 0 Å². The van der Waals surface area contributed by atoms with Crippen molar-refractivity contribution in [1.82, 2.24) is 10.2 Å². The smallest absolute Gasteiger partial charge is 0.407 e. The van der Waals surface area contributed by atoms with Crippen molar-refractivity contribution in [3.8, 4) is 0 Å². The molecule has 0 saturated carbocycles. The highest BCUT2D eigenvalue weighted by Gasteiger charge is 2.31. The number of nitrogens with one attached hydrogen (secondary N) is 2. The molecule has 0 aliphatic carbocycles. The van der Waals surface area contributed by atoms with E-state index in [1.807, 2.05) is 39.8 Å². The number of hydrogen-bond acceptors (Lipinski definition) is 9. The molecule has 1 aromatic rings. The number of carbonyl (C=O) groups excluding carboxylic acids is 3. The lowest BCUT2D eigenvalue weighted by Gasteiger charge is -2.24. The Morgan fingerprint density at radius 3 is 2.31 bits per heavy atom. The number of fused-ring (bicyclic) bond motifs is 1. The highest BCUT2D eigenvalue weighted by Crippen LogP contribution is 2.25. The third kappa shape index (κ3) is 13.1. The minimum absolute atomic E-state index is 0.0281. The van der Waals surface area contributed by atoms with Crippen molar-refractivity contribution in [3.05, 3.63) is 29.3 Å². The second-order valence-electron chi connectivity index (χ2n) is 10.4. The van der Waals surface area contributed by atoms with E-state index in [1.54, 1.807) is 4.90 Å². The summed E-state index contributed by atoms with van der Waals surface area (Å²) >= 11 is 0. The Morgan fingerprint density at radius 2 is 1.67 bits per heavy atom. The number of methoxy groups -OCH3 is 1. The minimum atomic E-state index is -0.667. The molecule has 1 aliphatic heterocycles. The van der Waals surface area contributed by atoms with Gasteiger partial charge in [0.05, 0.1) is 40.0 Å². The van der Waals surface area contributed by atoms with E-state index in [0.717, 1.165) is 16.8 Å². The van der Waals surface area contributed by atoms with Gasteiger partial charge in [-0.15, -0.1) is 0 Å². The number of hydrogen-bond donors (Lipinski definition) is 2. The van der Waals surface area contributed by atoms with Gasteiger partial charge in [-0.2, -0.15) is 0 Å². The normalized spacial score (nSPS) is 15.3. The lowest BCUT2D eigenvalue weighted by molar-refractivity contribution is -0.144. The summed E-state index contributed by atoms with van der Waals surface area (Å²) < 4.78 is 26.6. The Balaban J connectivity index is 1.56. The van der Waals surface area contributed by atoms with E-state index in [9.17, 15) is 14.4 Å². The van der Waals surface area contributed by atoms with Crippen LogP contribution in [0.3, 0.4) is 0 Å². The molecule has 0 spiro atoms. The van der Waals surface area contributed by atoms with Crippen LogP contribution in [0, 0.1) is 6.92 Å². The first-order valence-corrected chi connectivity index (χ1v) is 13.5. The van der Waals surface area contributed by atoms with E-state index in [2.05, 4.69) is 16.7 Å². The molecule has 1 heterocycles. The summed E-state index contributed by atoms with van der Waals surface area (Å²) in [5.41, 5.74) is 2.48. The van der Waals surface area contributed by atoms with Crippen LogP contribution in [0.4, 0.5) is 10.5 Å². The SMILES string of the molecule is COC(=O)C[C@@H]1Nc2ccc(C)cc2CN(CCCOCCOCCOCCCNC(=O)OC(C)(C)C)C1=O. The van der Waals surface area contributed by atoms with Gasteiger partial charge in [-0.25, -0.2) is 4.79 Å². The zero-order valence-corrected chi connectivity index (χ0v) is 24.0. The van der Waals surface area contributed by atoms with Crippen LogP contribution in [-0.2, 0) is 39.8 Å². The molecule has 0 radical (unpaired) electrons. The Hall–Kier alpha value is -2.89. The van der Waals surface area contributed by atoms with Gasteiger partial charge in [0.1, 0.15) is 11.6 Å². The van der Waals surface area contributed by atoms with Crippen LogP contribution in [0.15, 0.2) is 18.2 Å². The summed E-state index contributed by atoms with van der Waals surface area (Å²) in [6.45, 7) is 11.8. The average Bonchev–Trinajstić information content (AvgIpc) is 2.99. The summed E-state index contributed by atoms with van der Waals surface area (Å²) in [7, 11) is 1.32. The zero-order valence-electron chi connectivity index (χ0n) is 24.0. The van der Waals surface area contributed by atoms with Crippen molar-refractivity contribution in [2.75, 3.05) is 65.2 Å². The first-order valence-electron chi connectivity index (χ1n) is 13.5. The number of ether oxygens (including phenoxy) is 5. The number of esters is 1. The molecule has 1 aromatic carbocycles. The lowest BCUT2D eigenvalue weighted by Crippen LogP contribution is -2.42. The molecule has 0 aromatic heterocycles. The van der Waals surface area contributed by atoms with Gasteiger partial charge in [-0.05, 0) is 52.2 Å². The second kappa shape index (κ2) is 16.9. The number of nitrogens with zero attached hydrogens (tertiary/aromatic N) is 1. The molecule has 1 atom stereocenters. The molecule has 2 N–H and O–H groups in total. The molecule has 0 bridgehead atoms. The topological polar surface area (TPSA) is 125 Å². The summed E-state index contributed by atoms with van der Waals surface area (Å²) in [5.74, 6) is -0.557. The van der Waals surface area contributed by atoms with Gasteiger partial charge in [0.25, 0.3) is 0 Å². The summed E-state index contributed by atoms with van der Waals surface area (Å²) in [4.78, 5) is 38.3. The maximum absolute atomic E-state index is 13.1. The molecule has 0 fully saturated rings. The molecule has 0 saturated heterocycles. The van der Waals surface area contributed by atoms with E-state index in [0.29, 0.717) is 72.1 Å². The van der Waals surface area contributed by atoms with E-state index >= 15 is 0 Å². The Morgan fingerprint density at radius 1 is 1.03 bits per heavy atom. The zero-order chi connectivity index (χ0) is 28.7. The standard InChI is InChI=1S/C28H45N3O8/c1-21-8-9-23-22(18-21)20-31(26(33)24(30-23)19-25(32)35-5)11-7-13-37-15-17-38-16-14-36-12-6-10-29-27(34)39-28(2,3)4/h8-9,18,24,30H,6-7,10-17,19-20H2,1-5H3,(H,29,34)/t24-/m0/s1. The number of benzene rings is 1. The Labute approximate surface area is 231 Å². The fraction of sp³-hybridized carbons (Fsp3) is 0.679. The van der Waals surface area contributed by atoms with E-state index in [1.165, 1.54) is 7.11 Å². The fourth-order valence-electron chi connectivity index (χ4n) is 3.90. The van der Waals surface area contributed by atoms with E-state index in [-0.39, 0.29) is 12.3 Å². The Bertz CT molecular complexity index is 919. The Kier molecular flexibility index (Phi) is 14.0. The number of aryl methyl sites for hydroxylation is 1. The highest BCUT2D eigenvalue weighted by molar-refractivity contribution is 5.90. The van der Waals surface area contributed by atoms with Gasteiger partial charge in [0.15, 0.2) is 0 Å². The molecule has 2 amide bonds. The lowest BCUT2D eigenvalue weighted by atomic mass is 10.1. The maximum Gasteiger partial charge on any atom is 0.407 e.